The number of aliphatic imine (C=N–C) groups is 1. The van der Waals surface area contributed by atoms with Gasteiger partial charge in [-0.15, -0.1) is 0 Å². The van der Waals surface area contributed by atoms with Crippen LogP contribution in [0, 0.1) is 0 Å². The molecule has 2 N–H and O–H groups in total. The minimum absolute atomic E-state index is 0.354. The van der Waals surface area contributed by atoms with Gasteiger partial charge in [0.25, 0.3) is 0 Å². The lowest BCUT2D eigenvalue weighted by Gasteiger charge is -2.31. The van der Waals surface area contributed by atoms with Gasteiger partial charge in [0, 0.05) is 19.6 Å². The molecule has 118 valence electrons. The van der Waals surface area contributed by atoms with E-state index in [2.05, 4.69) is 78.6 Å². The Labute approximate surface area is 129 Å². The Morgan fingerprint density at radius 3 is 2.24 bits per heavy atom. The quantitative estimate of drug-likeness (QED) is 0.599. The summed E-state index contributed by atoms with van der Waals surface area (Å²) in [5.74, 6) is 0.859. The monoisotopic (exact) mass is 290 g/mol. The minimum Gasteiger partial charge on any atom is -0.354 e. The van der Waals surface area contributed by atoms with Crippen LogP contribution >= 0.6 is 0 Å². The van der Waals surface area contributed by atoms with Crippen molar-refractivity contribution in [2.24, 2.45) is 4.99 Å². The van der Waals surface area contributed by atoms with Crippen LogP contribution in [0.1, 0.15) is 39.3 Å². The van der Waals surface area contributed by atoms with E-state index in [1.807, 2.05) is 7.05 Å². The highest BCUT2D eigenvalue weighted by Gasteiger charge is 2.18. The number of rotatable bonds is 7. The molecule has 1 aromatic carbocycles. The first kappa shape index (κ1) is 17.5. The number of guanidine groups is 1. The Balaban J connectivity index is 2.79. The fourth-order valence-electron chi connectivity index (χ4n) is 2.46. The van der Waals surface area contributed by atoms with Crippen LogP contribution < -0.4 is 10.6 Å². The van der Waals surface area contributed by atoms with E-state index < -0.39 is 0 Å². The van der Waals surface area contributed by atoms with Gasteiger partial charge in [0.1, 0.15) is 0 Å². The molecule has 21 heavy (non-hydrogen) atoms. The Bertz CT molecular complexity index is 410. The van der Waals surface area contributed by atoms with Crippen LogP contribution in [0.5, 0.6) is 0 Å². The van der Waals surface area contributed by atoms with Crippen molar-refractivity contribution in [2.45, 2.75) is 39.8 Å². The molecule has 0 amide bonds. The molecule has 4 nitrogen and oxygen atoms in total. The molecule has 0 spiro atoms. The Morgan fingerprint density at radius 1 is 1.14 bits per heavy atom. The van der Waals surface area contributed by atoms with Gasteiger partial charge in [-0.3, -0.25) is 9.89 Å². The summed E-state index contributed by atoms with van der Waals surface area (Å²) in [7, 11) is 1.81. The predicted octanol–water partition coefficient (Wildman–Crippen LogP) is 2.64. The molecular weight excluding hydrogens is 260 g/mol. The highest BCUT2D eigenvalue weighted by Crippen LogP contribution is 2.19. The highest BCUT2D eigenvalue weighted by molar-refractivity contribution is 5.79. The lowest BCUT2D eigenvalue weighted by molar-refractivity contribution is 0.219. The Morgan fingerprint density at radius 2 is 1.76 bits per heavy atom. The summed E-state index contributed by atoms with van der Waals surface area (Å²) in [6, 6.07) is 11.4. The van der Waals surface area contributed by atoms with Crippen LogP contribution in [-0.2, 0) is 0 Å². The van der Waals surface area contributed by atoms with Crippen LogP contribution in [0.3, 0.4) is 0 Å². The standard InChI is InChI=1S/C17H30N4/c1-6-21(7-2)16(15-11-9-8-10-12-15)13-19-17(18-5)20-14(3)4/h8-12,14,16H,6-7,13H2,1-5H3,(H2,18,19,20). The molecule has 0 aliphatic carbocycles. The first-order valence-corrected chi connectivity index (χ1v) is 7.88. The molecule has 0 bridgehead atoms. The van der Waals surface area contributed by atoms with Gasteiger partial charge in [-0.05, 0) is 32.5 Å². The van der Waals surface area contributed by atoms with E-state index in [1.54, 1.807) is 0 Å². The molecule has 0 aliphatic rings. The second-order valence-electron chi connectivity index (χ2n) is 5.40. The van der Waals surface area contributed by atoms with Gasteiger partial charge < -0.3 is 10.6 Å². The van der Waals surface area contributed by atoms with Crippen LogP contribution in [0.2, 0.25) is 0 Å². The zero-order valence-corrected chi connectivity index (χ0v) is 14.1. The van der Waals surface area contributed by atoms with Gasteiger partial charge in [-0.25, -0.2) is 0 Å². The van der Waals surface area contributed by atoms with E-state index in [9.17, 15) is 0 Å². The SMILES string of the molecule is CCN(CC)C(CNC(=NC)NC(C)C)c1ccccc1. The fourth-order valence-corrected chi connectivity index (χ4v) is 2.46. The van der Waals surface area contributed by atoms with Crippen molar-refractivity contribution in [1.82, 2.24) is 15.5 Å². The van der Waals surface area contributed by atoms with E-state index in [0.717, 1.165) is 25.6 Å². The van der Waals surface area contributed by atoms with E-state index in [-0.39, 0.29) is 0 Å². The first-order chi connectivity index (χ1) is 10.1. The van der Waals surface area contributed by atoms with E-state index in [4.69, 9.17) is 0 Å². The van der Waals surface area contributed by atoms with E-state index >= 15 is 0 Å². The zero-order chi connectivity index (χ0) is 15.7. The normalized spacial score (nSPS) is 13.6. The maximum atomic E-state index is 4.28. The Hall–Kier alpha value is -1.55. The van der Waals surface area contributed by atoms with Gasteiger partial charge in [-0.1, -0.05) is 44.2 Å². The summed E-state index contributed by atoms with van der Waals surface area (Å²) in [5.41, 5.74) is 1.34. The summed E-state index contributed by atoms with van der Waals surface area (Å²) in [5, 5.41) is 6.78. The van der Waals surface area contributed by atoms with Gasteiger partial charge in [-0.2, -0.15) is 0 Å². The summed E-state index contributed by atoms with van der Waals surface area (Å²) < 4.78 is 0. The first-order valence-electron chi connectivity index (χ1n) is 7.88. The van der Waals surface area contributed by atoms with Crippen LogP contribution in [0.15, 0.2) is 35.3 Å². The molecule has 0 fully saturated rings. The largest absolute Gasteiger partial charge is 0.354 e. The van der Waals surface area contributed by atoms with Crippen molar-refractivity contribution in [1.29, 1.82) is 0 Å². The average Bonchev–Trinajstić information content (AvgIpc) is 2.50. The van der Waals surface area contributed by atoms with Gasteiger partial charge in [0.15, 0.2) is 5.96 Å². The van der Waals surface area contributed by atoms with Gasteiger partial charge in [0.05, 0.1) is 6.04 Å². The maximum Gasteiger partial charge on any atom is 0.191 e. The highest BCUT2D eigenvalue weighted by atomic mass is 15.2. The van der Waals surface area contributed by atoms with Crippen molar-refractivity contribution in [2.75, 3.05) is 26.7 Å². The smallest absolute Gasteiger partial charge is 0.191 e. The van der Waals surface area contributed by atoms with E-state index in [0.29, 0.717) is 12.1 Å². The van der Waals surface area contributed by atoms with Crippen LogP contribution in [0.4, 0.5) is 0 Å². The van der Waals surface area contributed by atoms with Crippen molar-refractivity contribution >= 4 is 5.96 Å². The van der Waals surface area contributed by atoms with Crippen molar-refractivity contribution in [3.8, 4) is 0 Å². The van der Waals surface area contributed by atoms with Gasteiger partial charge in [0.2, 0.25) is 0 Å². The molecule has 0 radical (unpaired) electrons. The van der Waals surface area contributed by atoms with Crippen molar-refractivity contribution in [3.63, 3.8) is 0 Å². The van der Waals surface area contributed by atoms with Crippen LogP contribution in [-0.4, -0.2) is 43.6 Å². The third-order valence-corrected chi connectivity index (χ3v) is 3.55. The minimum atomic E-state index is 0.354. The third kappa shape index (κ3) is 5.76. The molecule has 1 unspecified atom stereocenters. The molecular formula is C17H30N4. The lowest BCUT2D eigenvalue weighted by Crippen LogP contribution is -2.45. The molecule has 4 heteroatoms. The second-order valence-corrected chi connectivity index (χ2v) is 5.40. The summed E-state index contributed by atoms with van der Waals surface area (Å²) in [6.07, 6.45) is 0. The lowest BCUT2D eigenvalue weighted by atomic mass is 10.1. The molecule has 1 rings (SSSR count). The summed E-state index contributed by atoms with van der Waals surface area (Å²) in [4.78, 5) is 6.74. The number of nitrogens with zero attached hydrogens (tertiary/aromatic N) is 2. The predicted molar refractivity (Wildman–Crippen MR) is 91.7 cm³/mol. The molecule has 0 saturated carbocycles. The fraction of sp³-hybridized carbons (Fsp3) is 0.588. The average molecular weight is 290 g/mol. The van der Waals surface area contributed by atoms with Crippen molar-refractivity contribution < 1.29 is 0 Å². The number of likely N-dealkylation sites (N-methyl/N-ethyl adjacent to an activating group) is 1. The molecule has 1 atom stereocenters. The third-order valence-electron chi connectivity index (χ3n) is 3.55. The number of hydrogen-bond donors (Lipinski definition) is 2. The summed E-state index contributed by atoms with van der Waals surface area (Å²) >= 11 is 0. The molecule has 0 aromatic heterocycles. The molecule has 0 heterocycles. The maximum absolute atomic E-state index is 4.28. The zero-order valence-electron chi connectivity index (χ0n) is 14.1. The molecule has 0 aliphatic heterocycles. The van der Waals surface area contributed by atoms with E-state index in [1.165, 1.54) is 5.56 Å². The number of nitrogens with one attached hydrogen (secondary N) is 2. The van der Waals surface area contributed by atoms with Gasteiger partial charge >= 0.3 is 0 Å². The summed E-state index contributed by atoms with van der Waals surface area (Å²) in [6.45, 7) is 11.6. The molecule has 0 saturated heterocycles. The number of hydrogen-bond acceptors (Lipinski definition) is 2. The second kappa shape index (κ2) is 9.40. The Kier molecular flexibility index (Phi) is 7.83. The topological polar surface area (TPSA) is 39.7 Å². The van der Waals surface area contributed by atoms with Crippen molar-refractivity contribution in [3.05, 3.63) is 35.9 Å². The van der Waals surface area contributed by atoms with Crippen LogP contribution in [0.25, 0.3) is 0 Å². The number of benzene rings is 1. The molecule has 1 aromatic rings.